The molecule has 0 atom stereocenters. The normalized spacial score (nSPS) is 11.7. The summed E-state index contributed by atoms with van der Waals surface area (Å²) in [5, 5.41) is 12.7. The van der Waals surface area contributed by atoms with E-state index in [1.165, 1.54) is 0 Å². The van der Waals surface area contributed by atoms with E-state index >= 15 is 0 Å². The van der Waals surface area contributed by atoms with E-state index in [0.29, 0.717) is 0 Å². The number of carboxylic acids is 1. The minimum atomic E-state index is -3.45. The van der Waals surface area contributed by atoms with Gasteiger partial charge in [0.25, 0.3) is 0 Å². The predicted octanol–water partition coefficient (Wildman–Crippen LogP) is 0.321. The lowest BCUT2D eigenvalue weighted by Gasteiger charge is -2.06. The number of carbonyl (C=O) groups is 1. The van der Waals surface area contributed by atoms with Gasteiger partial charge in [-0.2, -0.15) is 5.10 Å². The van der Waals surface area contributed by atoms with Gasteiger partial charge in [-0.15, -0.1) is 0 Å². The average molecular weight is 289 g/mol. The average Bonchev–Trinajstić information content (AvgIpc) is 2.50. The van der Waals surface area contributed by atoms with Crippen LogP contribution in [0.1, 0.15) is 29.8 Å². The lowest BCUT2D eigenvalue weighted by molar-refractivity contribution is -0.137. The molecule has 0 amide bonds. The lowest BCUT2D eigenvalue weighted by Crippen LogP contribution is -2.26. The van der Waals surface area contributed by atoms with Crippen molar-refractivity contribution in [2.24, 2.45) is 7.05 Å². The first-order valence-corrected chi connectivity index (χ1v) is 7.56. The Bertz CT molecular complexity index is 563. The molecule has 0 fully saturated rings. The van der Waals surface area contributed by atoms with Crippen LogP contribution in [0.15, 0.2) is 0 Å². The van der Waals surface area contributed by atoms with E-state index in [4.69, 9.17) is 5.11 Å². The van der Waals surface area contributed by atoms with E-state index in [0.717, 1.165) is 17.0 Å². The van der Waals surface area contributed by atoms with Crippen molar-refractivity contribution in [2.75, 3.05) is 5.75 Å². The van der Waals surface area contributed by atoms with Gasteiger partial charge in [0.05, 0.1) is 11.4 Å². The Hall–Kier alpha value is -1.41. The summed E-state index contributed by atoms with van der Waals surface area (Å²) >= 11 is 0. The van der Waals surface area contributed by atoms with Crippen molar-refractivity contribution in [3.63, 3.8) is 0 Å². The van der Waals surface area contributed by atoms with Crippen molar-refractivity contribution in [3.05, 3.63) is 17.0 Å². The Morgan fingerprint density at radius 2 is 2.05 bits per heavy atom. The molecule has 8 heteroatoms. The summed E-state index contributed by atoms with van der Waals surface area (Å²) in [4.78, 5) is 10.3. The highest BCUT2D eigenvalue weighted by Crippen LogP contribution is 2.11. The van der Waals surface area contributed by atoms with Crippen molar-refractivity contribution in [2.45, 2.75) is 33.2 Å². The van der Waals surface area contributed by atoms with E-state index in [9.17, 15) is 13.2 Å². The Labute approximate surface area is 112 Å². The van der Waals surface area contributed by atoms with E-state index in [2.05, 4.69) is 9.82 Å². The van der Waals surface area contributed by atoms with Gasteiger partial charge in [0.15, 0.2) is 0 Å². The second kappa shape index (κ2) is 6.16. The second-order valence-corrected chi connectivity index (χ2v) is 6.34. The molecule has 0 radical (unpaired) electrons. The molecule has 0 aliphatic rings. The number of hydrogen-bond donors (Lipinski definition) is 2. The summed E-state index contributed by atoms with van der Waals surface area (Å²) < 4.78 is 27.5. The van der Waals surface area contributed by atoms with E-state index in [1.807, 2.05) is 13.8 Å². The van der Waals surface area contributed by atoms with Crippen molar-refractivity contribution in [1.29, 1.82) is 0 Å². The number of nitrogens with zero attached hydrogens (tertiary/aromatic N) is 2. The molecule has 0 aliphatic carbocycles. The van der Waals surface area contributed by atoms with Crippen LogP contribution >= 0.6 is 0 Å². The van der Waals surface area contributed by atoms with Crippen molar-refractivity contribution >= 4 is 16.0 Å². The van der Waals surface area contributed by atoms with Gasteiger partial charge < -0.3 is 5.11 Å². The van der Waals surface area contributed by atoms with Gasteiger partial charge in [-0.1, -0.05) is 0 Å². The van der Waals surface area contributed by atoms with Crippen LogP contribution in [0.4, 0.5) is 0 Å². The molecule has 0 unspecified atom stereocenters. The Morgan fingerprint density at radius 3 is 2.53 bits per heavy atom. The van der Waals surface area contributed by atoms with Gasteiger partial charge in [0.2, 0.25) is 10.0 Å². The molecule has 1 aromatic rings. The van der Waals surface area contributed by atoms with Gasteiger partial charge in [-0.25, -0.2) is 13.1 Å². The van der Waals surface area contributed by atoms with Gasteiger partial charge in [-0.05, 0) is 20.3 Å². The zero-order valence-electron chi connectivity index (χ0n) is 11.3. The summed E-state index contributed by atoms with van der Waals surface area (Å²) in [5.74, 6) is -1.17. The molecular weight excluding hydrogens is 270 g/mol. The van der Waals surface area contributed by atoms with E-state index in [-0.39, 0.29) is 25.1 Å². The van der Waals surface area contributed by atoms with Gasteiger partial charge in [0, 0.05) is 31.3 Å². The summed E-state index contributed by atoms with van der Waals surface area (Å²) in [7, 11) is -1.65. The van der Waals surface area contributed by atoms with Crippen LogP contribution in [0, 0.1) is 13.8 Å². The fourth-order valence-corrected chi connectivity index (χ4v) is 2.77. The monoisotopic (exact) mass is 289 g/mol. The third-order valence-corrected chi connectivity index (χ3v) is 4.34. The highest BCUT2D eigenvalue weighted by atomic mass is 32.2. The predicted molar refractivity (Wildman–Crippen MR) is 70.2 cm³/mol. The zero-order chi connectivity index (χ0) is 14.6. The number of carboxylic acid groups (broad SMARTS) is 1. The van der Waals surface area contributed by atoms with Crippen molar-refractivity contribution < 1.29 is 18.3 Å². The molecule has 108 valence electrons. The first-order chi connectivity index (χ1) is 8.73. The number of hydrogen-bond acceptors (Lipinski definition) is 4. The Balaban J connectivity index is 2.58. The number of aliphatic carboxylic acids is 1. The second-order valence-electron chi connectivity index (χ2n) is 4.41. The van der Waals surface area contributed by atoms with Crippen LogP contribution in [0.5, 0.6) is 0 Å². The molecule has 7 nitrogen and oxygen atoms in total. The number of rotatable bonds is 7. The Kier molecular flexibility index (Phi) is 5.07. The van der Waals surface area contributed by atoms with Crippen molar-refractivity contribution in [3.8, 4) is 0 Å². The van der Waals surface area contributed by atoms with Crippen LogP contribution in [0.25, 0.3) is 0 Å². The molecule has 2 N–H and O–H groups in total. The minimum absolute atomic E-state index is 0.107. The SMILES string of the molecule is Cc1nn(C)c(C)c1CNS(=O)(=O)CCCC(=O)O. The van der Waals surface area contributed by atoms with Gasteiger partial charge in [0.1, 0.15) is 0 Å². The molecule has 0 spiro atoms. The van der Waals surface area contributed by atoms with Crippen LogP contribution in [0.2, 0.25) is 0 Å². The number of nitrogens with one attached hydrogen (secondary N) is 1. The summed E-state index contributed by atoms with van der Waals surface area (Å²) in [6, 6.07) is 0. The number of aryl methyl sites for hydroxylation is 2. The first-order valence-electron chi connectivity index (χ1n) is 5.91. The Morgan fingerprint density at radius 1 is 1.42 bits per heavy atom. The fourth-order valence-electron chi connectivity index (χ4n) is 1.74. The molecule has 0 bridgehead atoms. The summed E-state index contributed by atoms with van der Waals surface area (Å²) in [6.45, 7) is 3.87. The molecular formula is C11H19N3O4S. The third-order valence-electron chi connectivity index (χ3n) is 2.93. The number of aromatic nitrogens is 2. The fraction of sp³-hybridized carbons (Fsp3) is 0.636. The topological polar surface area (TPSA) is 101 Å². The molecule has 1 heterocycles. The maximum Gasteiger partial charge on any atom is 0.303 e. The van der Waals surface area contributed by atoms with E-state index in [1.54, 1.807) is 11.7 Å². The highest BCUT2D eigenvalue weighted by Gasteiger charge is 2.14. The molecule has 0 saturated carbocycles. The largest absolute Gasteiger partial charge is 0.481 e. The molecule has 0 aliphatic heterocycles. The van der Waals surface area contributed by atoms with Gasteiger partial charge in [-0.3, -0.25) is 9.48 Å². The van der Waals surface area contributed by atoms with Gasteiger partial charge >= 0.3 is 5.97 Å². The van der Waals surface area contributed by atoms with E-state index < -0.39 is 16.0 Å². The van der Waals surface area contributed by atoms with Crippen LogP contribution in [-0.2, 0) is 28.4 Å². The molecule has 1 aromatic heterocycles. The van der Waals surface area contributed by atoms with Crippen molar-refractivity contribution in [1.82, 2.24) is 14.5 Å². The molecule has 0 aromatic carbocycles. The highest BCUT2D eigenvalue weighted by molar-refractivity contribution is 7.89. The zero-order valence-corrected chi connectivity index (χ0v) is 12.1. The minimum Gasteiger partial charge on any atom is -0.481 e. The summed E-state index contributed by atoms with van der Waals surface area (Å²) in [5.41, 5.74) is 2.54. The van der Waals surface area contributed by atoms with Crippen LogP contribution in [-0.4, -0.2) is 35.0 Å². The number of sulfonamides is 1. The first kappa shape index (κ1) is 15.6. The smallest absolute Gasteiger partial charge is 0.303 e. The third kappa shape index (κ3) is 4.64. The maximum atomic E-state index is 11.7. The lowest BCUT2D eigenvalue weighted by atomic mass is 10.2. The standard InChI is InChI=1S/C11H19N3O4S/c1-8-10(9(2)14(3)13-8)7-12-19(17,18)6-4-5-11(15)16/h12H,4-7H2,1-3H3,(H,15,16). The van der Waals surface area contributed by atoms with Crippen LogP contribution < -0.4 is 4.72 Å². The van der Waals surface area contributed by atoms with Crippen LogP contribution in [0.3, 0.4) is 0 Å². The molecule has 19 heavy (non-hydrogen) atoms. The maximum absolute atomic E-state index is 11.7. The quantitative estimate of drug-likeness (QED) is 0.753. The molecule has 0 saturated heterocycles. The summed E-state index contributed by atoms with van der Waals surface area (Å²) in [6.07, 6.45) is -0.0402. The molecule has 1 rings (SSSR count).